The molecule has 3 aromatic carbocycles. The number of aliphatic carboxylic acids is 1. The molecule has 1 N–H and O–H groups in total. The van der Waals surface area contributed by atoms with Crippen molar-refractivity contribution in [2.24, 2.45) is 0 Å². The topological polar surface area (TPSA) is 55.8 Å². The van der Waals surface area contributed by atoms with Crippen LogP contribution in [0, 0.1) is 0 Å². The van der Waals surface area contributed by atoms with Gasteiger partial charge in [-0.05, 0) is 76.1 Å². The van der Waals surface area contributed by atoms with Crippen molar-refractivity contribution in [3.05, 3.63) is 95.1 Å². The number of hydrogen-bond acceptors (Lipinski definition) is 3. The number of hydrogen-bond donors (Lipinski definition) is 1. The summed E-state index contributed by atoms with van der Waals surface area (Å²) >= 11 is 0. The van der Waals surface area contributed by atoms with Gasteiger partial charge in [-0.1, -0.05) is 42.5 Å². The summed E-state index contributed by atoms with van der Waals surface area (Å²) in [4.78, 5) is 10.9. The third-order valence-corrected chi connectivity index (χ3v) is 5.46. The highest BCUT2D eigenvalue weighted by atomic mass is 16.5. The Hall–Kier alpha value is -3.79. The summed E-state index contributed by atoms with van der Waals surface area (Å²) < 4.78 is 10.9. The molecule has 0 bridgehead atoms. The van der Waals surface area contributed by atoms with E-state index < -0.39 is 5.97 Å². The molecule has 0 unspecified atom stereocenters. The monoisotopic (exact) mass is 412 g/mol. The molecule has 0 radical (unpaired) electrons. The van der Waals surface area contributed by atoms with Crippen LogP contribution in [-0.4, -0.2) is 25.3 Å². The van der Waals surface area contributed by atoms with Gasteiger partial charge in [0, 0.05) is 12.1 Å². The van der Waals surface area contributed by atoms with Crippen LogP contribution in [0.4, 0.5) is 0 Å². The van der Waals surface area contributed by atoms with E-state index in [2.05, 4.69) is 30.3 Å². The van der Waals surface area contributed by atoms with E-state index in [1.807, 2.05) is 36.4 Å². The molecule has 4 nitrogen and oxygen atoms in total. The van der Waals surface area contributed by atoms with E-state index >= 15 is 0 Å². The van der Waals surface area contributed by atoms with Crippen molar-refractivity contribution in [3.8, 4) is 22.6 Å². The third-order valence-electron chi connectivity index (χ3n) is 5.46. The maximum absolute atomic E-state index is 10.9. The molecule has 0 aliphatic heterocycles. The van der Waals surface area contributed by atoms with Gasteiger partial charge in [0.2, 0.25) is 0 Å². The summed E-state index contributed by atoms with van der Waals surface area (Å²) in [6.07, 6.45) is 6.74. The second-order valence-electron chi connectivity index (χ2n) is 7.47. The minimum absolute atomic E-state index is 0.774. The number of carbonyl (C=O) groups is 1. The van der Waals surface area contributed by atoms with Crippen LogP contribution >= 0.6 is 0 Å². The maximum atomic E-state index is 10.9. The number of ether oxygens (including phenoxy) is 2. The van der Waals surface area contributed by atoms with Crippen molar-refractivity contribution in [1.82, 2.24) is 0 Å². The van der Waals surface area contributed by atoms with Crippen LogP contribution in [0.15, 0.2) is 72.8 Å². The van der Waals surface area contributed by atoms with Gasteiger partial charge in [-0.3, -0.25) is 0 Å². The van der Waals surface area contributed by atoms with E-state index in [1.54, 1.807) is 20.3 Å². The molecule has 1 aliphatic carbocycles. The molecule has 1 aliphatic rings. The van der Waals surface area contributed by atoms with Gasteiger partial charge in [-0.2, -0.15) is 0 Å². The number of benzene rings is 3. The van der Waals surface area contributed by atoms with E-state index in [9.17, 15) is 4.79 Å². The molecule has 3 aromatic rings. The van der Waals surface area contributed by atoms with Crippen LogP contribution in [0.1, 0.15) is 22.3 Å². The van der Waals surface area contributed by atoms with E-state index in [1.165, 1.54) is 16.7 Å². The fourth-order valence-corrected chi connectivity index (χ4v) is 4.05. The van der Waals surface area contributed by atoms with Crippen LogP contribution in [0.3, 0.4) is 0 Å². The lowest BCUT2D eigenvalue weighted by Crippen LogP contribution is -1.96. The van der Waals surface area contributed by atoms with Crippen LogP contribution in [0.5, 0.6) is 11.5 Å². The first-order valence-electron chi connectivity index (χ1n) is 10.1. The van der Waals surface area contributed by atoms with Crippen molar-refractivity contribution < 1.29 is 19.4 Å². The molecular weight excluding hydrogens is 388 g/mol. The summed E-state index contributed by atoms with van der Waals surface area (Å²) in [5.74, 6) is 0.601. The van der Waals surface area contributed by atoms with Crippen molar-refractivity contribution >= 4 is 17.6 Å². The number of fused-ring (bicyclic) bond motifs is 1. The van der Waals surface area contributed by atoms with Gasteiger partial charge in [-0.25, -0.2) is 4.79 Å². The number of rotatable bonds is 7. The number of carboxylic acid groups (broad SMARTS) is 1. The van der Waals surface area contributed by atoms with Gasteiger partial charge in [-0.15, -0.1) is 0 Å². The molecule has 0 atom stereocenters. The zero-order chi connectivity index (χ0) is 21.8. The van der Waals surface area contributed by atoms with Crippen molar-refractivity contribution in [2.75, 3.05) is 14.2 Å². The number of carboxylic acids is 1. The van der Waals surface area contributed by atoms with Crippen LogP contribution < -0.4 is 9.47 Å². The summed E-state index contributed by atoms with van der Waals surface area (Å²) in [6, 6.07) is 20.3. The summed E-state index contributed by atoms with van der Waals surface area (Å²) in [5.41, 5.74) is 8.04. The Morgan fingerprint density at radius 3 is 2.45 bits per heavy atom. The second-order valence-corrected chi connectivity index (χ2v) is 7.47. The Balaban J connectivity index is 1.71. The van der Waals surface area contributed by atoms with Crippen molar-refractivity contribution in [2.45, 2.75) is 12.8 Å². The lowest BCUT2D eigenvalue weighted by atomic mass is 9.90. The Bertz CT molecular complexity index is 1170. The third kappa shape index (κ3) is 4.53. The predicted octanol–water partition coefficient (Wildman–Crippen LogP) is 5.65. The minimum Gasteiger partial charge on any atom is -0.497 e. The molecule has 156 valence electrons. The highest BCUT2D eigenvalue weighted by Crippen LogP contribution is 2.39. The fourth-order valence-electron chi connectivity index (χ4n) is 4.05. The standard InChI is InChI=1S/C27H24O4/c1-30-23-15-19(16-24(17-23)31-2)14-22-11-10-20-6-4-8-25(27(20)22)21-7-3-5-18(13-21)9-12-26(28)29/h3-9,11-13,15-17H,10,14H2,1-2H3,(H,28,29). The number of allylic oxidation sites excluding steroid dienone is 2. The zero-order valence-electron chi connectivity index (χ0n) is 17.6. The lowest BCUT2D eigenvalue weighted by molar-refractivity contribution is -0.131. The summed E-state index contributed by atoms with van der Waals surface area (Å²) in [7, 11) is 3.32. The van der Waals surface area contributed by atoms with Crippen molar-refractivity contribution in [3.63, 3.8) is 0 Å². The second kappa shape index (κ2) is 8.92. The molecule has 0 amide bonds. The molecule has 0 heterocycles. The quantitative estimate of drug-likeness (QED) is 0.510. The lowest BCUT2D eigenvalue weighted by Gasteiger charge is -2.15. The Morgan fingerprint density at radius 2 is 1.74 bits per heavy atom. The summed E-state index contributed by atoms with van der Waals surface area (Å²) in [5, 5.41) is 8.93. The van der Waals surface area contributed by atoms with E-state index in [4.69, 9.17) is 14.6 Å². The average molecular weight is 412 g/mol. The molecule has 31 heavy (non-hydrogen) atoms. The fraction of sp³-hybridized carbons (Fsp3) is 0.148. The average Bonchev–Trinajstić information content (AvgIpc) is 3.20. The number of methoxy groups -OCH3 is 2. The molecule has 0 saturated heterocycles. The van der Waals surface area contributed by atoms with Gasteiger partial charge >= 0.3 is 5.97 Å². The van der Waals surface area contributed by atoms with Gasteiger partial charge in [0.15, 0.2) is 0 Å². The first-order valence-corrected chi connectivity index (χ1v) is 10.1. The minimum atomic E-state index is -0.954. The Kier molecular flexibility index (Phi) is 5.89. The molecular formula is C27H24O4. The zero-order valence-corrected chi connectivity index (χ0v) is 17.6. The van der Waals surface area contributed by atoms with Crippen LogP contribution in [0.25, 0.3) is 22.8 Å². The first kappa shape index (κ1) is 20.5. The first-order chi connectivity index (χ1) is 15.1. The summed E-state index contributed by atoms with van der Waals surface area (Å²) in [6.45, 7) is 0. The molecule has 4 heteroatoms. The van der Waals surface area contributed by atoms with Gasteiger partial charge in [0.05, 0.1) is 14.2 Å². The maximum Gasteiger partial charge on any atom is 0.328 e. The molecule has 0 fully saturated rings. The van der Waals surface area contributed by atoms with Crippen molar-refractivity contribution in [1.29, 1.82) is 0 Å². The van der Waals surface area contributed by atoms with Gasteiger partial charge in [0.1, 0.15) is 11.5 Å². The highest BCUT2D eigenvalue weighted by Gasteiger charge is 2.19. The normalized spacial score (nSPS) is 12.5. The molecule has 0 aromatic heterocycles. The van der Waals surface area contributed by atoms with Gasteiger partial charge < -0.3 is 14.6 Å². The van der Waals surface area contributed by atoms with E-state index in [0.29, 0.717) is 0 Å². The predicted molar refractivity (Wildman–Crippen MR) is 123 cm³/mol. The molecule has 4 rings (SSSR count). The SMILES string of the molecule is COc1cc(CC2=CCc3cccc(-c4cccc(C=CC(=O)O)c4)c32)cc(OC)c1. The molecule has 0 saturated carbocycles. The van der Waals surface area contributed by atoms with E-state index in [-0.39, 0.29) is 0 Å². The highest BCUT2D eigenvalue weighted by molar-refractivity contribution is 5.88. The Morgan fingerprint density at radius 1 is 1.00 bits per heavy atom. The largest absolute Gasteiger partial charge is 0.497 e. The molecule has 0 spiro atoms. The van der Waals surface area contributed by atoms with E-state index in [0.717, 1.165) is 52.7 Å². The Labute approximate surface area is 182 Å². The van der Waals surface area contributed by atoms with Crippen LogP contribution in [-0.2, 0) is 17.6 Å². The van der Waals surface area contributed by atoms with Crippen LogP contribution in [0.2, 0.25) is 0 Å². The smallest absolute Gasteiger partial charge is 0.328 e. The van der Waals surface area contributed by atoms with Gasteiger partial charge in [0.25, 0.3) is 0 Å².